The molecule has 0 radical (unpaired) electrons. The molecule has 8 saturated heterocycles. The summed E-state index contributed by atoms with van der Waals surface area (Å²) < 4.78 is 37.2. The summed E-state index contributed by atoms with van der Waals surface area (Å²) in [4.78, 5) is 51.1. The van der Waals surface area contributed by atoms with Crippen LogP contribution in [0.25, 0.3) is 0 Å². The van der Waals surface area contributed by atoms with Crippen LogP contribution in [0.15, 0.2) is 0 Å². The molecule has 0 aromatic rings. The van der Waals surface area contributed by atoms with E-state index in [2.05, 4.69) is 13.8 Å². The van der Waals surface area contributed by atoms with Crippen molar-refractivity contribution in [1.29, 1.82) is 0 Å². The van der Waals surface area contributed by atoms with Gasteiger partial charge in [0, 0.05) is 24.7 Å². The molecule has 12 nitrogen and oxygen atoms in total. The standard InChI is InChI=1S/C40H62O12/c1-25-15-17-29-37(5,47-33-39(29)27(25)19-21-35(3,45-33)49-51-39)31(41)43-23-13-11-9-7-8-10-12-14-24-44-32(42)38(6)30-18-16-26(2)28-20-22-36(4)46-34(48-38)40(28,30)52-50-36/h25-30,33-34H,7-24H2,1-6H3/t25-,26-,27+,28+,29+,30+,33+,34+,35-,36-,37+,38+,39-,40-/m1/s1. The topological polar surface area (TPSA) is 126 Å². The van der Waals surface area contributed by atoms with E-state index in [1.54, 1.807) is 0 Å². The van der Waals surface area contributed by atoms with Crippen molar-refractivity contribution >= 4 is 11.9 Å². The third kappa shape index (κ3) is 5.82. The Bertz CT molecular complexity index is 1260. The van der Waals surface area contributed by atoms with Crippen LogP contribution in [0.2, 0.25) is 0 Å². The Hall–Kier alpha value is -1.38. The number of esters is 2. The monoisotopic (exact) mass is 734 g/mol. The Balaban J connectivity index is 0.716. The van der Waals surface area contributed by atoms with Crippen LogP contribution in [-0.2, 0) is 57.6 Å². The van der Waals surface area contributed by atoms with Gasteiger partial charge in [-0.3, -0.25) is 0 Å². The van der Waals surface area contributed by atoms with E-state index in [-0.39, 0.29) is 35.6 Å². The predicted molar refractivity (Wildman–Crippen MR) is 183 cm³/mol. The lowest BCUT2D eigenvalue weighted by atomic mass is 9.60. The van der Waals surface area contributed by atoms with Crippen molar-refractivity contribution in [2.24, 2.45) is 35.5 Å². The van der Waals surface area contributed by atoms with E-state index in [0.29, 0.717) is 25.0 Å². The average molecular weight is 735 g/mol. The van der Waals surface area contributed by atoms with Crippen molar-refractivity contribution in [3.05, 3.63) is 0 Å². The van der Waals surface area contributed by atoms with Gasteiger partial charge in [-0.1, -0.05) is 52.4 Å². The first-order valence-electron chi connectivity index (χ1n) is 20.6. The number of hydrogen-bond acceptors (Lipinski definition) is 12. The van der Waals surface area contributed by atoms with Gasteiger partial charge in [0.15, 0.2) is 35.0 Å². The van der Waals surface area contributed by atoms with Crippen LogP contribution in [0.4, 0.5) is 0 Å². The molecule has 10 rings (SSSR count). The summed E-state index contributed by atoms with van der Waals surface area (Å²) in [7, 11) is 0. The molecule has 0 aromatic carbocycles. The molecule has 52 heavy (non-hydrogen) atoms. The number of unbranched alkanes of at least 4 members (excludes halogenated alkanes) is 7. The molecule has 2 spiro atoms. The lowest BCUT2D eigenvalue weighted by molar-refractivity contribution is -0.541. The lowest BCUT2D eigenvalue weighted by Gasteiger charge is -2.50. The second-order valence-corrected chi connectivity index (χ2v) is 18.3. The van der Waals surface area contributed by atoms with E-state index < -0.39 is 46.6 Å². The summed E-state index contributed by atoms with van der Waals surface area (Å²) in [6.45, 7) is 12.7. The largest absolute Gasteiger partial charge is 0.464 e. The third-order valence-electron chi connectivity index (χ3n) is 14.8. The molecule has 0 amide bonds. The van der Waals surface area contributed by atoms with Gasteiger partial charge in [-0.25, -0.2) is 29.1 Å². The lowest BCUT2D eigenvalue weighted by Crippen LogP contribution is -2.62. The normalized spacial score (nSPS) is 49.9. The third-order valence-corrected chi connectivity index (χ3v) is 14.8. The highest BCUT2D eigenvalue weighted by Crippen LogP contribution is 2.65. The summed E-state index contributed by atoms with van der Waals surface area (Å²) in [6, 6.07) is 0. The minimum Gasteiger partial charge on any atom is -0.464 e. The summed E-state index contributed by atoms with van der Waals surface area (Å²) in [5, 5.41) is 0. The summed E-state index contributed by atoms with van der Waals surface area (Å²) in [5.74, 6) is -1.45. The Kier molecular flexibility index (Phi) is 9.87. The first kappa shape index (κ1) is 37.5. The van der Waals surface area contributed by atoms with Crippen LogP contribution in [-0.4, -0.2) is 71.7 Å². The molecular weight excluding hydrogens is 672 g/mol. The highest BCUT2D eigenvalue weighted by Gasteiger charge is 2.77. The molecule has 0 N–H and O–H groups in total. The highest BCUT2D eigenvalue weighted by atomic mass is 17.3. The van der Waals surface area contributed by atoms with Crippen LogP contribution < -0.4 is 0 Å². The number of carbonyl (C=O) groups is 2. The van der Waals surface area contributed by atoms with Crippen LogP contribution >= 0.6 is 0 Å². The molecule has 4 bridgehead atoms. The number of fused-ring (bicyclic) bond motifs is 4. The maximum absolute atomic E-state index is 13.5. The van der Waals surface area contributed by atoms with Crippen molar-refractivity contribution in [2.45, 2.75) is 191 Å². The minimum absolute atomic E-state index is 0.181. The van der Waals surface area contributed by atoms with E-state index in [4.69, 9.17) is 48.0 Å². The van der Waals surface area contributed by atoms with E-state index in [1.807, 2.05) is 27.7 Å². The van der Waals surface area contributed by atoms with Crippen molar-refractivity contribution in [1.82, 2.24) is 0 Å². The fourth-order valence-corrected chi connectivity index (χ4v) is 11.7. The van der Waals surface area contributed by atoms with Crippen LogP contribution in [0.3, 0.4) is 0 Å². The van der Waals surface area contributed by atoms with E-state index in [0.717, 1.165) is 103 Å². The zero-order valence-corrected chi connectivity index (χ0v) is 32.2. The fourth-order valence-electron chi connectivity index (χ4n) is 11.7. The fraction of sp³-hybridized carbons (Fsp3) is 0.950. The zero-order valence-electron chi connectivity index (χ0n) is 32.2. The van der Waals surface area contributed by atoms with Crippen molar-refractivity contribution in [3.8, 4) is 0 Å². The van der Waals surface area contributed by atoms with Crippen LogP contribution in [0.5, 0.6) is 0 Å². The second kappa shape index (κ2) is 13.7. The predicted octanol–water partition coefficient (Wildman–Crippen LogP) is 7.20. The van der Waals surface area contributed by atoms with Gasteiger partial charge in [0.05, 0.1) is 13.2 Å². The second-order valence-electron chi connectivity index (χ2n) is 18.3. The maximum atomic E-state index is 13.5. The quantitative estimate of drug-likeness (QED) is 0.108. The van der Waals surface area contributed by atoms with Crippen LogP contribution in [0.1, 0.15) is 144 Å². The molecule has 2 saturated carbocycles. The number of hydrogen-bond donors (Lipinski definition) is 0. The minimum atomic E-state index is -1.13. The van der Waals surface area contributed by atoms with Gasteiger partial charge in [-0.15, -0.1) is 0 Å². The Morgan fingerprint density at radius 1 is 0.519 bits per heavy atom. The van der Waals surface area contributed by atoms with Crippen LogP contribution in [0, 0.1) is 35.5 Å². The van der Waals surface area contributed by atoms with Gasteiger partial charge in [0.1, 0.15) is 0 Å². The maximum Gasteiger partial charge on any atom is 0.338 e. The number of rotatable bonds is 13. The Morgan fingerprint density at radius 3 is 1.31 bits per heavy atom. The van der Waals surface area contributed by atoms with Gasteiger partial charge in [-0.05, 0) is 103 Å². The van der Waals surface area contributed by atoms with Crippen molar-refractivity contribution < 1.29 is 57.6 Å². The molecular formula is C40H62O12. The molecule has 8 aliphatic heterocycles. The Labute approximate surface area is 308 Å². The summed E-state index contributed by atoms with van der Waals surface area (Å²) >= 11 is 0. The van der Waals surface area contributed by atoms with E-state index in [1.165, 1.54) is 0 Å². The smallest absolute Gasteiger partial charge is 0.338 e. The molecule has 294 valence electrons. The van der Waals surface area contributed by atoms with E-state index in [9.17, 15) is 9.59 Å². The first-order valence-corrected chi connectivity index (χ1v) is 20.6. The van der Waals surface area contributed by atoms with E-state index >= 15 is 0 Å². The molecule has 0 aromatic heterocycles. The molecule has 10 fully saturated rings. The molecule has 14 atom stereocenters. The average Bonchev–Trinajstić information content (AvgIpc) is 3.24. The van der Waals surface area contributed by atoms with Crippen molar-refractivity contribution in [3.63, 3.8) is 0 Å². The van der Waals surface area contributed by atoms with Gasteiger partial charge in [0.25, 0.3) is 0 Å². The molecule has 2 aliphatic carbocycles. The summed E-state index contributed by atoms with van der Waals surface area (Å²) in [5.41, 5.74) is -3.81. The number of ether oxygens (including phenoxy) is 6. The SMILES string of the molecule is C[C@@H]1CC[C@@H]2[C@]34OO[C@](C)(CC[C@@H]13)O[C@H]4O[C@]2(C)C(=O)OCCCCCCCCCCOC(=O)[C@@]1(C)O[C@@H]2O[C@@]3(C)CC[C@H]4[C@H](C)CC[C@@H]1[C@@]24OO3. The van der Waals surface area contributed by atoms with Gasteiger partial charge in [0.2, 0.25) is 11.6 Å². The van der Waals surface area contributed by atoms with Gasteiger partial charge in [-0.2, -0.15) is 0 Å². The first-order chi connectivity index (χ1) is 24.8. The summed E-state index contributed by atoms with van der Waals surface area (Å²) in [6.07, 6.45) is 13.7. The molecule has 0 unspecified atom stereocenters. The van der Waals surface area contributed by atoms with Crippen molar-refractivity contribution in [2.75, 3.05) is 13.2 Å². The zero-order chi connectivity index (χ0) is 36.6. The van der Waals surface area contributed by atoms with Gasteiger partial charge >= 0.3 is 11.9 Å². The molecule has 8 heterocycles. The Morgan fingerprint density at radius 2 is 0.904 bits per heavy atom. The number of carbonyl (C=O) groups excluding carboxylic acids is 2. The molecule has 10 aliphatic rings. The van der Waals surface area contributed by atoms with Gasteiger partial charge < -0.3 is 28.4 Å². The molecule has 12 heteroatoms. The highest BCUT2D eigenvalue weighted by molar-refractivity contribution is 5.81.